The van der Waals surface area contributed by atoms with Crippen LogP contribution in [0.4, 0.5) is 0 Å². The Morgan fingerprint density at radius 2 is 2.31 bits per heavy atom. The molecule has 1 rings (SSSR count). The van der Waals surface area contributed by atoms with Crippen molar-refractivity contribution in [3.05, 3.63) is 11.6 Å². The first-order chi connectivity index (χ1) is 6.02. The van der Waals surface area contributed by atoms with Gasteiger partial charge in [-0.05, 0) is 12.8 Å². The second-order valence-corrected chi connectivity index (χ2v) is 6.21. The van der Waals surface area contributed by atoms with Crippen molar-refractivity contribution in [1.82, 2.24) is 5.32 Å². The molecule has 1 aliphatic rings. The molecular formula is C8H14ClNO2S. The molecule has 5 heteroatoms. The highest BCUT2D eigenvalue weighted by Gasteiger charge is 2.30. The molecule has 0 radical (unpaired) electrons. The maximum atomic E-state index is 11.3. The molecule has 0 aromatic heterocycles. The van der Waals surface area contributed by atoms with Gasteiger partial charge in [0.25, 0.3) is 0 Å². The van der Waals surface area contributed by atoms with Gasteiger partial charge in [-0.3, -0.25) is 0 Å². The second kappa shape index (κ2) is 4.44. The molecule has 1 N–H and O–H groups in total. The smallest absolute Gasteiger partial charge is 0.154 e. The van der Waals surface area contributed by atoms with Crippen LogP contribution < -0.4 is 5.32 Å². The molecule has 1 unspecified atom stereocenters. The van der Waals surface area contributed by atoms with Crippen molar-refractivity contribution in [2.24, 2.45) is 0 Å². The number of nitrogens with one attached hydrogen (secondary N) is 1. The highest BCUT2D eigenvalue weighted by molar-refractivity contribution is 7.92. The molecular weight excluding hydrogens is 210 g/mol. The molecule has 0 spiro atoms. The Hall–Kier alpha value is -0.0600. The maximum Gasteiger partial charge on any atom is 0.154 e. The van der Waals surface area contributed by atoms with Crippen LogP contribution in [0.1, 0.15) is 12.8 Å². The summed E-state index contributed by atoms with van der Waals surface area (Å²) >= 11 is 5.53. The Bertz CT molecular complexity index is 287. The van der Waals surface area contributed by atoms with E-state index >= 15 is 0 Å². The van der Waals surface area contributed by atoms with E-state index in [4.69, 9.17) is 11.6 Å². The van der Waals surface area contributed by atoms with Gasteiger partial charge in [-0.15, -0.1) is 0 Å². The molecule has 1 aliphatic heterocycles. The maximum absolute atomic E-state index is 11.3. The van der Waals surface area contributed by atoms with E-state index in [1.54, 1.807) is 0 Å². The van der Waals surface area contributed by atoms with Crippen LogP contribution in [0.5, 0.6) is 0 Å². The quantitative estimate of drug-likeness (QED) is 0.771. The molecule has 0 amide bonds. The molecule has 0 bridgehead atoms. The second-order valence-electron chi connectivity index (χ2n) is 3.28. The highest BCUT2D eigenvalue weighted by Crippen LogP contribution is 2.18. The third-order valence-electron chi connectivity index (χ3n) is 2.15. The van der Waals surface area contributed by atoms with E-state index in [0.29, 0.717) is 23.9 Å². The summed E-state index contributed by atoms with van der Waals surface area (Å²) in [6.07, 6.45) is 1.56. The molecule has 1 heterocycles. The molecule has 0 aromatic rings. The van der Waals surface area contributed by atoms with E-state index < -0.39 is 9.84 Å². The van der Waals surface area contributed by atoms with Gasteiger partial charge in [-0.2, -0.15) is 0 Å². The first-order valence-electron chi connectivity index (χ1n) is 4.28. The number of hydrogen-bond acceptors (Lipinski definition) is 3. The molecule has 0 aliphatic carbocycles. The summed E-state index contributed by atoms with van der Waals surface area (Å²) < 4.78 is 22.7. The molecule has 76 valence electrons. The minimum absolute atomic E-state index is 0.219. The first-order valence-corrected chi connectivity index (χ1v) is 6.37. The van der Waals surface area contributed by atoms with Crippen molar-refractivity contribution in [2.75, 3.05) is 18.8 Å². The Balaban J connectivity index is 2.33. The van der Waals surface area contributed by atoms with Crippen LogP contribution in [0.25, 0.3) is 0 Å². The fraction of sp³-hybridized carbons (Fsp3) is 0.750. The van der Waals surface area contributed by atoms with Gasteiger partial charge in [0.1, 0.15) is 0 Å². The Labute approximate surface area is 84.1 Å². The van der Waals surface area contributed by atoms with Gasteiger partial charge in [0.2, 0.25) is 0 Å². The summed E-state index contributed by atoms with van der Waals surface area (Å²) in [6, 6.07) is 0. The SMILES string of the molecule is C=C(Cl)CNCC1CCCS1(=O)=O. The third kappa shape index (κ3) is 3.29. The first kappa shape index (κ1) is 11.0. The number of rotatable bonds is 4. The van der Waals surface area contributed by atoms with Crippen molar-refractivity contribution in [1.29, 1.82) is 0 Å². The predicted molar refractivity (Wildman–Crippen MR) is 54.7 cm³/mol. The van der Waals surface area contributed by atoms with Gasteiger partial charge >= 0.3 is 0 Å². The molecule has 1 fully saturated rings. The number of halogens is 1. The molecule has 0 saturated carbocycles. The van der Waals surface area contributed by atoms with Gasteiger partial charge in [0.05, 0.1) is 11.0 Å². The number of hydrogen-bond donors (Lipinski definition) is 1. The lowest BCUT2D eigenvalue weighted by atomic mass is 10.2. The molecule has 1 atom stereocenters. The highest BCUT2D eigenvalue weighted by atomic mass is 35.5. The molecule has 0 aromatic carbocycles. The largest absolute Gasteiger partial charge is 0.311 e. The molecule has 3 nitrogen and oxygen atoms in total. The average Bonchev–Trinajstić information content (AvgIpc) is 2.30. The Morgan fingerprint density at radius 3 is 2.77 bits per heavy atom. The van der Waals surface area contributed by atoms with Crippen LogP contribution in [0.15, 0.2) is 11.6 Å². The van der Waals surface area contributed by atoms with Gasteiger partial charge in [-0.1, -0.05) is 18.2 Å². The van der Waals surface area contributed by atoms with E-state index in [1.807, 2.05) is 0 Å². The van der Waals surface area contributed by atoms with Gasteiger partial charge < -0.3 is 5.32 Å². The van der Waals surface area contributed by atoms with Gasteiger partial charge in [0, 0.05) is 18.1 Å². The summed E-state index contributed by atoms with van der Waals surface area (Å²) in [7, 11) is -2.82. The summed E-state index contributed by atoms with van der Waals surface area (Å²) in [6.45, 7) is 4.48. The van der Waals surface area contributed by atoms with Crippen LogP contribution in [0, 0.1) is 0 Å². The van der Waals surface area contributed by atoms with Gasteiger partial charge in [0.15, 0.2) is 9.84 Å². The minimum atomic E-state index is -2.82. The van der Waals surface area contributed by atoms with E-state index in [2.05, 4.69) is 11.9 Å². The molecule has 1 saturated heterocycles. The zero-order chi connectivity index (χ0) is 9.90. The van der Waals surface area contributed by atoms with Crippen molar-refractivity contribution in [3.63, 3.8) is 0 Å². The zero-order valence-corrected chi connectivity index (χ0v) is 9.00. The van der Waals surface area contributed by atoms with E-state index in [1.165, 1.54) is 0 Å². The Kier molecular flexibility index (Phi) is 3.76. The normalized spacial score (nSPS) is 26.1. The van der Waals surface area contributed by atoms with Crippen molar-refractivity contribution >= 4 is 21.4 Å². The lowest BCUT2D eigenvalue weighted by Crippen LogP contribution is -2.31. The van der Waals surface area contributed by atoms with Crippen LogP contribution in [0.2, 0.25) is 0 Å². The fourth-order valence-electron chi connectivity index (χ4n) is 1.46. The summed E-state index contributed by atoms with van der Waals surface area (Å²) in [5, 5.41) is 3.26. The van der Waals surface area contributed by atoms with E-state index in [-0.39, 0.29) is 5.25 Å². The van der Waals surface area contributed by atoms with E-state index in [0.717, 1.165) is 12.8 Å². The predicted octanol–water partition coefficient (Wildman–Crippen LogP) is 0.906. The summed E-state index contributed by atoms with van der Waals surface area (Å²) in [5.41, 5.74) is 0. The summed E-state index contributed by atoms with van der Waals surface area (Å²) in [5.74, 6) is 0.334. The van der Waals surface area contributed by atoms with Crippen LogP contribution in [-0.4, -0.2) is 32.5 Å². The van der Waals surface area contributed by atoms with Crippen LogP contribution in [0.3, 0.4) is 0 Å². The zero-order valence-electron chi connectivity index (χ0n) is 7.42. The van der Waals surface area contributed by atoms with Crippen LogP contribution in [-0.2, 0) is 9.84 Å². The topological polar surface area (TPSA) is 46.2 Å². The lowest BCUT2D eigenvalue weighted by molar-refractivity contribution is 0.580. The lowest BCUT2D eigenvalue weighted by Gasteiger charge is -2.09. The molecule has 13 heavy (non-hydrogen) atoms. The van der Waals surface area contributed by atoms with Crippen molar-refractivity contribution in [2.45, 2.75) is 18.1 Å². The van der Waals surface area contributed by atoms with Gasteiger partial charge in [-0.25, -0.2) is 8.42 Å². The Morgan fingerprint density at radius 1 is 1.62 bits per heavy atom. The van der Waals surface area contributed by atoms with Crippen LogP contribution >= 0.6 is 11.6 Å². The van der Waals surface area contributed by atoms with Crippen molar-refractivity contribution in [3.8, 4) is 0 Å². The minimum Gasteiger partial charge on any atom is -0.311 e. The standard InChI is InChI=1S/C8H14ClNO2S/c1-7(9)5-10-6-8-3-2-4-13(8,11)12/h8,10H,1-6H2. The summed E-state index contributed by atoms with van der Waals surface area (Å²) in [4.78, 5) is 0. The number of sulfone groups is 1. The monoisotopic (exact) mass is 223 g/mol. The van der Waals surface area contributed by atoms with Crippen molar-refractivity contribution < 1.29 is 8.42 Å². The fourth-order valence-corrected chi connectivity index (χ4v) is 3.35. The third-order valence-corrected chi connectivity index (χ3v) is 4.56. The average molecular weight is 224 g/mol. The van der Waals surface area contributed by atoms with E-state index in [9.17, 15) is 8.42 Å².